The molecule has 2 aromatic carbocycles. The van der Waals surface area contributed by atoms with Crippen LogP contribution in [0.5, 0.6) is 17.2 Å². The maximum atomic E-state index is 13.8. The van der Waals surface area contributed by atoms with Crippen LogP contribution in [0, 0.1) is 5.92 Å². The van der Waals surface area contributed by atoms with E-state index in [-0.39, 0.29) is 23.8 Å². The quantitative estimate of drug-likeness (QED) is 0.433. The smallest absolute Gasteiger partial charge is 0.315 e. The first kappa shape index (κ1) is 26.5. The maximum Gasteiger partial charge on any atom is 0.315 e. The van der Waals surface area contributed by atoms with Crippen molar-refractivity contribution in [2.75, 3.05) is 21.3 Å². The van der Waals surface area contributed by atoms with Crippen molar-refractivity contribution in [3.63, 3.8) is 0 Å². The lowest BCUT2D eigenvalue weighted by atomic mass is 9.69. The minimum Gasteiger partial charge on any atom is -0.497 e. The molecule has 0 bridgehead atoms. The van der Waals surface area contributed by atoms with Crippen LogP contribution in [-0.4, -0.2) is 44.9 Å². The van der Waals surface area contributed by atoms with Crippen molar-refractivity contribution in [2.45, 2.75) is 58.0 Å². The Morgan fingerprint density at radius 3 is 2.27 bits per heavy atom. The Bertz CT molecular complexity index is 1230. The zero-order chi connectivity index (χ0) is 26.7. The van der Waals surface area contributed by atoms with Crippen LogP contribution in [0.1, 0.15) is 63.0 Å². The number of ether oxygens (including phenoxy) is 4. The van der Waals surface area contributed by atoms with Gasteiger partial charge in [-0.05, 0) is 68.0 Å². The molecule has 4 rings (SSSR count). The van der Waals surface area contributed by atoms with Crippen molar-refractivity contribution in [3.05, 3.63) is 64.9 Å². The van der Waals surface area contributed by atoms with Gasteiger partial charge in [0.2, 0.25) is 0 Å². The summed E-state index contributed by atoms with van der Waals surface area (Å²) in [7, 11) is 4.78. The Balaban J connectivity index is 1.79. The molecule has 1 unspecified atom stereocenters. The van der Waals surface area contributed by atoms with Gasteiger partial charge in [0.1, 0.15) is 11.7 Å². The average molecular weight is 506 g/mol. The van der Waals surface area contributed by atoms with E-state index in [1.165, 1.54) is 0 Å². The molecule has 0 saturated heterocycles. The largest absolute Gasteiger partial charge is 0.497 e. The number of nitrogens with zero attached hydrogens (tertiary/aromatic N) is 1. The van der Waals surface area contributed by atoms with Crippen molar-refractivity contribution in [2.24, 2.45) is 10.9 Å². The lowest BCUT2D eigenvalue weighted by Crippen LogP contribution is -2.39. The highest BCUT2D eigenvalue weighted by atomic mass is 16.5. The SMILES string of the molecule is CC[C@H](C)OC(=O)C1C(C)=NC2=C(C(=O)C[C@H](c3ccc(OC)cc3)C2)[C@@H]1c1ccc(OC)c(OC)c1. The third-order valence-corrected chi connectivity index (χ3v) is 7.39. The summed E-state index contributed by atoms with van der Waals surface area (Å²) in [6, 6.07) is 13.4. The number of carbonyl (C=O) groups excluding carboxylic acids is 2. The minimum absolute atomic E-state index is 0.000516. The molecule has 1 aliphatic carbocycles. The van der Waals surface area contributed by atoms with Crippen LogP contribution in [0.2, 0.25) is 0 Å². The van der Waals surface area contributed by atoms with E-state index in [1.807, 2.05) is 57.2 Å². The highest BCUT2D eigenvalue weighted by molar-refractivity contribution is 6.09. The monoisotopic (exact) mass is 505 g/mol. The van der Waals surface area contributed by atoms with E-state index < -0.39 is 11.8 Å². The number of methoxy groups -OCH3 is 3. The highest BCUT2D eigenvalue weighted by Gasteiger charge is 2.45. The molecule has 0 amide bonds. The minimum atomic E-state index is -0.702. The fourth-order valence-electron chi connectivity index (χ4n) is 5.24. The van der Waals surface area contributed by atoms with Gasteiger partial charge in [-0.15, -0.1) is 0 Å². The van der Waals surface area contributed by atoms with Gasteiger partial charge < -0.3 is 18.9 Å². The molecule has 0 N–H and O–H groups in total. The van der Waals surface area contributed by atoms with Crippen molar-refractivity contribution < 1.29 is 28.5 Å². The third kappa shape index (κ3) is 5.26. The summed E-state index contributed by atoms with van der Waals surface area (Å²) in [6.07, 6.45) is 1.42. The van der Waals surface area contributed by atoms with Gasteiger partial charge in [-0.3, -0.25) is 14.6 Å². The number of Topliss-reactive ketones (excluding diaryl/α,β-unsaturated/α-hetero) is 1. The van der Waals surface area contributed by atoms with E-state index in [9.17, 15) is 9.59 Å². The van der Waals surface area contributed by atoms with E-state index >= 15 is 0 Å². The Morgan fingerprint density at radius 2 is 1.65 bits per heavy atom. The van der Waals surface area contributed by atoms with Gasteiger partial charge in [0.15, 0.2) is 17.3 Å². The summed E-state index contributed by atoms with van der Waals surface area (Å²) in [5.41, 5.74) is 3.84. The predicted molar refractivity (Wildman–Crippen MR) is 142 cm³/mol. The van der Waals surface area contributed by atoms with Gasteiger partial charge in [-0.25, -0.2) is 0 Å². The Labute approximate surface area is 218 Å². The lowest BCUT2D eigenvalue weighted by molar-refractivity contribution is -0.151. The summed E-state index contributed by atoms with van der Waals surface area (Å²) in [5.74, 6) is 0.300. The second-order valence-corrected chi connectivity index (χ2v) is 9.64. The van der Waals surface area contributed by atoms with E-state index in [0.29, 0.717) is 42.0 Å². The molecule has 37 heavy (non-hydrogen) atoms. The van der Waals surface area contributed by atoms with Crippen LogP contribution in [0.4, 0.5) is 0 Å². The number of hydrogen-bond donors (Lipinski definition) is 0. The Morgan fingerprint density at radius 1 is 0.973 bits per heavy atom. The molecule has 0 fully saturated rings. The topological polar surface area (TPSA) is 83.4 Å². The van der Waals surface area contributed by atoms with Gasteiger partial charge in [0.05, 0.1) is 27.4 Å². The van der Waals surface area contributed by atoms with Crippen LogP contribution in [-0.2, 0) is 14.3 Å². The molecule has 7 heteroatoms. The number of allylic oxidation sites excluding steroid dienone is 2. The predicted octanol–water partition coefficient (Wildman–Crippen LogP) is 5.63. The number of benzene rings is 2. The molecule has 196 valence electrons. The summed E-state index contributed by atoms with van der Waals surface area (Å²) in [4.78, 5) is 32.1. The standard InChI is InChI=1S/C30H35NO6/c1-7-17(2)37-30(33)27-18(3)31-23-14-21(19-8-11-22(34-4)12-9-19)15-24(32)29(23)28(27)20-10-13-25(35-5)26(16-20)36-6/h8-13,16-17,21,27-28H,7,14-15H2,1-6H3/t17-,21+,27?,28+/m0/s1. The highest BCUT2D eigenvalue weighted by Crippen LogP contribution is 2.48. The molecular formula is C30H35NO6. The normalized spacial score (nSPS) is 22.1. The Kier molecular flexibility index (Phi) is 8.00. The Hall–Kier alpha value is -3.61. The van der Waals surface area contributed by atoms with Gasteiger partial charge in [-0.1, -0.05) is 25.1 Å². The zero-order valence-corrected chi connectivity index (χ0v) is 22.4. The number of esters is 1. The first-order valence-corrected chi connectivity index (χ1v) is 12.7. The van der Waals surface area contributed by atoms with E-state index in [2.05, 4.69) is 0 Å². The van der Waals surface area contributed by atoms with Crippen molar-refractivity contribution >= 4 is 17.5 Å². The molecule has 2 aromatic rings. The van der Waals surface area contributed by atoms with Crippen LogP contribution in [0.3, 0.4) is 0 Å². The first-order chi connectivity index (χ1) is 17.8. The van der Waals surface area contributed by atoms with Gasteiger partial charge >= 0.3 is 5.97 Å². The molecular weight excluding hydrogens is 470 g/mol. The molecule has 2 aliphatic rings. The zero-order valence-electron chi connectivity index (χ0n) is 22.4. The van der Waals surface area contributed by atoms with Gasteiger partial charge in [0, 0.05) is 29.3 Å². The summed E-state index contributed by atoms with van der Waals surface area (Å²) >= 11 is 0. The van der Waals surface area contributed by atoms with Crippen molar-refractivity contribution in [1.29, 1.82) is 0 Å². The van der Waals surface area contributed by atoms with E-state index in [1.54, 1.807) is 27.4 Å². The molecule has 0 saturated carbocycles. The van der Waals surface area contributed by atoms with Crippen molar-refractivity contribution in [3.8, 4) is 17.2 Å². The number of ketones is 1. The lowest BCUT2D eigenvalue weighted by Gasteiger charge is -2.37. The molecule has 0 radical (unpaired) electrons. The van der Waals surface area contributed by atoms with E-state index in [4.69, 9.17) is 23.9 Å². The molecule has 4 atom stereocenters. The van der Waals surface area contributed by atoms with Crippen LogP contribution in [0.15, 0.2) is 58.7 Å². The fraction of sp³-hybridized carbons (Fsp3) is 0.433. The van der Waals surface area contributed by atoms with Gasteiger partial charge in [-0.2, -0.15) is 0 Å². The van der Waals surface area contributed by atoms with Crippen molar-refractivity contribution in [1.82, 2.24) is 0 Å². The van der Waals surface area contributed by atoms with Crippen LogP contribution in [0.25, 0.3) is 0 Å². The molecule has 1 aliphatic heterocycles. The van der Waals surface area contributed by atoms with E-state index in [0.717, 1.165) is 22.6 Å². The number of hydrogen-bond acceptors (Lipinski definition) is 7. The summed E-state index contributed by atoms with van der Waals surface area (Å²) in [5, 5.41) is 0. The molecule has 1 heterocycles. The number of rotatable bonds is 8. The van der Waals surface area contributed by atoms with Crippen LogP contribution >= 0.6 is 0 Å². The fourth-order valence-corrected chi connectivity index (χ4v) is 5.24. The second kappa shape index (κ2) is 11.2. The summed E-state index contributed by atoms with van der Waals surface area (Å²) < 4.78 is 22.0. The molecule has 0 aromatic heterocycles. The van der Waals surface area contributed by atoms with Gasteiger partial charge in [0.25, 0.3) is 0 Å². The average Bonchev–Trinajstić information content (AvgIpc) is 2.91. The number of carbonyl (C=O) groups is 2. The third-order valence-electron chi connectivity index (χ3n) is 7.39. The van der Waals surface area contributed by atoms with Crippen LogP contribution < -0.4 is 14.2 Å². The second-order valence-electron chi connectivity index (χ2n) is 9.64. The summed E-state index contributed by atoms with van der Waals surface area (Å²) in [6.45, 7) is 5.69. The maximum absolute atomic E-state index is 13.8. The number of aliphatic imine (C=N–C) groups is 1. The molecule has 7 nitrogen and oxygen atoms in total. The first-order valence-electron chi connectivity index (χ1n) is 12.7. The molecule has 0 spiro atoms.